The van der Waals surface area contributed by atoms with Crippen LogP contribution in [0.3, 0.4) is 0 Å². The van der Waals surface area contributed by atoms with Crippen molar-refractivity contribution in [2.45, 2.75) is 46.2 Å². The van der Waals surface area contributed by atoms with Crippen molar-refractivity contribution < 1.29 is 4.43 Å². The highest BCUT2D eigenvalue weighted by atomic mass is 29.3. The highest BCUT2D eigenvalue weighted by Gasteiger charge is 2.47. The molecule has 0 fully saturated rings. The Morgan fingerprint density at radius 1 is 1.14 bits per heavy atom. The normalized spacial score (nSPS) is 14.1. The van der Waals surface area contributed by atoms with Crippen LogP contribution in [0.25, 0.3) is 0 Å². The molecule has 0 spiro atoms. The Kier molecular flexibility index (Phi) is 5.27. The van der Waals surface area contributed by atoms with E-state index in [0.29, 0.717) is 0 Å². The summed E-state index contributed by atoms with van der Waals surface area (Å²) in [4.78, 5) is 0. The maximum Gasteiger partial charge on any atom is 0.190 e. The molecule has 0 bridgehead atoms. The molecule has 0 aliphatic rings. The molecule has 0 N–H and O–H groups in total. The minimum absolute atomic E-state index is 0.674. The summed E-state index contributed by atoms with van der Waals surface area (Å²) in [7, 11) is -1.54. The van der Waals surface area contributed by atoms with E-state index in [1.807, 2.05) is 7.11 Å². The standard InChI is InChI=1S/C9H27NOSi3/c1-9-10(12(3)4)13(5,6)14(7,8)11-2/h12H,9H2,1-8H3. The summed E-state index contributed by atoms with van der Waals surface area (Å²) in [5.41, 5.74) is 0. The van der Waals surface area contributed by atoms with Gasteiger partial charge in [0.2, 0.25) is 0 Å². The van der Waals surface area contributed by atoms with Gasteiger partial charge < -0.3 is 8.66 Å². The summed E-state index contributed by atoms with van der Waals surface area (Å²) in [6.45, 7) is 18.1. The highest BCUT2D eigenvalue weighted by Crippen LogP contribution is 2.24. The van der Waals surface area contributed by atoms with Crippen molar-refractivity contribution >= 4 is 24.5 Å². The zero-order valence-electron chi connectivity index (χ0n) is 11.1. The average molecular weight is 250 g/mol. The van der Waals surface area contributed by atoms with Crippen LogP contribution in [-0.4, -0.2) is 42.4 Å². The molecule has 0 aromatic carbocycles. The molecule has 0 aromatic heterocycles. The lowest BCUT2D eigenvalue weighted by atomic mass is 10.8. The molecular formula is C9H27NOSi3. The van der Waals surface area contributed by atoms with E-state index in [1.54, 1.807) is 0 Å². The van der Waals surface area contributed by atoms with E-state index < -0.39 is 24.5 Å². The predicted octanol–water partition coefficient (Wildman–Crippen LogP) is 2.43. The zero-order valence-corrected chi connectivity index (χ0v) is 14.3. The molecule has 0 heterocycles. The van der Waals surface area contributed by atoms with Crippen LogP contribution in [-0.2, 0) is 4.43 Å². The molecule has 0 radical (unpaired) electrons. The fourth-order valence-electron chi connectivity index (χ4n) is 2.00. The molecule has 0 rings (SSSR count). The van der Waals surface area contributed by atoms with Crippen molar-refractivity contribution in [2.24, 2.45) is 0 Å². The molecule has 86 valence electrons. The summed E-state index contributed by atoms with van der Waals surface area (Å²) in [5.74, 6) is 0. The molecule has 0 unspecified atom stereocenters. The maximum atomic E-state index is 5.82. The van der Waals surface area contributed by atoms with Gasteiger partial charge in [-0.2, -0.15) is 0 Å². The molecule has 0 aliphatic carbocycles. The third-order valence-electron chi connectivity index (χ3n) is 3.67. The molecule has 0 atom stereocenters. The lowest BCUT2D eigenvalue weighted by Crippen LogP contribution is -2.69. The Hall–Kier alpha value is 0.571. The van der Waals surface area contributed by atoms with Gasteiger partial charge in [-0.1, -0.05) is 33.1 Å². The third-order valence-corrected chi connectivity index (χ3v) is 25.6. The van der Waals surface area contributed by atoms with Gasteiger partial charge in [0.1, 0.15) is 7.75 Å². The number of nitrogens with zero attached hydrogens (tertiary/aromatic N) is 1. The van der Waals surface area contributed by atoms with Crippen molar-refractivity contribution in [1.82, 2.24) is 4.23 Å². The second-order valence-corrected chi connectivity index (χ2v) is 22.9. The lowest BCUT2D eigenvalue weighted by Gasteiger charge is -2.46. The molecule has 14 heavy (non-hydrogen) atoms. The van der Waals surface area contributed by atoms with Gasteiger partial charge in [0.05, 0.1) is 8.96 Å². The number of hydrogen-bond acceptors (Lipinski definition) is 2. The van der Waals surface area contributed by atoms with E-state index in [0.717, 1.165) is 0 Å². The van der Waals surface area contributed by atoms with Crippen molar-refractivity contribution in [1.29, 1.82) is 0 Å². The zero-order chi connectivity index (χ0) is 11.6. The molecule has 2 nitrogen and oxygen atoms in total. The summed E-state index contributed by atoms with van der Waals surface area (Å²) in [6.07, 6.45) is 0. The first-order valence-electron chi connectivity index (χ1n) is 5.52. The fraction of sp³-hybridized carbons (Fsp3) is 1.00. The smallest absolute Gasteiger partial charge is 0.190 e. The van der Waals surface area contributed by atoms with E-state index in [-0.39, 0.29) is 0 Å². The highest BCUT2D eigenvalue weighted by molar-refractivity contribution is 7.38. The Labute approximate surface area is 93.3 Å². The van der Waals surface area contributed by atoms with Gasteiger partial charge in [0.15, 0.2) is 7.83 Å². The fourth-order valence-corrected chi connectivity index (χ4v) is 19.0. The molecule has 0 amide bonds. The summed E-state index contributed by atoms with van der Waals surface area (Å²) < 4.78 is 8.62. The molecule has 0 saturated carbocycles. The van der Waals surface area contributed by atoms with Crippen LogP contribution in [0.5, 0.6) is 0 Å². The Bertz CT molecular complexity index is 183. The summed E-state index contributed by atoms with van der Waals surface area (Å²) in [5, 5.41) is 0. The van der Waals surface area contributed by atoms with Crippen LogP contribution in [0.4, 0.5) is 0 Å². The van der Waals surface area contributed by atoms with Crippen LogP contribution in [0.15, 0.2) is 0 Å². The molecule has 0 aliphatic heterocycles. The predicted molar refractivity (Wildman–Crippen MR) is 73.2 cm³/mol. The SMILES string of the molecule is CCN([SiH](C)C)[Si](C)(C)[Si](C)(C)OC. The van der Waals surface area contributed by atoms with E-state index >= 15 is 0 Å². The van der Waals surface area contributed by atoms with Gasteiger partial charge in [-0.3, -0.25) is 0 Å². The topological polar surface area (TPSA) is 12.5 Å². The van der Waals surface area contributed by atoms with E-state index in [1.165, 1.54) is 6.54 Å². The van der Waals surface area contributed by atoms with Crippen molar-refractivity contribution in [3.05, 3.63) is 0 Å². The van der Waals surface area contributed by atoms with Gasteiger partial charge in [0, 0.05) is 7.11 Å². The largest absolute Gasteiger partial charge is 0.422 e. The summed E-state index contributed by atoms with van der Waals surface area (Å²) >= 11 is 0. The Morgan fingerprint density at radius 2 is 1.57 bits per heavy atom. The second-order valence-electron chi connectivity index (χ2n) is 5.15. The molecular weight excluding hydrogens is 222 g/mol. The van der Waals surface area contributed by atoms with Crippen LogP contribution in [0.1, 0.15) is 6.92 Å². The van der Waals surface area contributed by atoms with Crippen LogP contribution >= 0.6 is 0 Å². The van der Waals surface area contributed by atoms with Crippen molar-refractivity contribution in [3.63, 3.8) is 0 Å². The van der Waals surface area contributed by atoms with Gasteiger partial charge in [-0.05, 0) is 19.6 Å². The Morgan fingerprint density at radius 3 is 1.79 bits per heavy atom. The van der Waals surface area contributed by atoms with Crippen molar-refractivity contribution in [3.8, 4) is 0 Å². The van der Waals surface area contributed by atoms with Gasteiger partial charge in [0.25, 0.3) is 0 Å². The van der Waals surface area contributed by atoms with Crippen LogP contribution in [0, 0.1) is 0 Å². The maximum absolute atomic E-state index is 5.82. The van der Waals surface area contributed by atoms with Gasteiger partial charge >= 0.3 is 0 Å². The third kappa shape index (κ3) is 2.79. The molecule has 0 saturated heterocycles. The van der Waals surface area contributed by atoms with E-state index in [9.17, 15) is 0 Å². The molecule has 0 aromatic rings. The first kappa shape index (κ1) is 14.6. The first-order valence-corrected chi connectivity index (χ1v) is 15.2. The van der Waals surface area contributed by atoms with Crippen LogP contribution < -0.4 is 0 Å². The number of hydrogen-bond donors (Lipinski definition) is 0. The van der Waals surface area contributed by atoms with Crippen LogP contribution in [0.2, 0.25) is 39.3 Å². The molecule has 5 heteroatoms. The lowest BCUT2D eigenvalue weighted by molar-refractivity contribution is 0.415. The summed E-state index contributed by atoms with van der Waals surface area (Å²) in [6, 6.07) is 0. The van der Waals surface area contributed by atoms with Gasteiger partial charge in [-0.25, -0.2) is 0 Å². The first-order chi connectivity index (χ1) is 6.20. The van der Waals surface area contributed by atoms with E-state index in [2.05, 4.69) is 50.4 Å². The quantitative estimate of drug-likeness (QED) is 0.694. The number of rotatable bonds is 5. The minimum Gasteiger partial charge on any atom is -0.422 e. The minimum atomic E-state index is -1.45. The average Bonchev–Trinajstić information content (AvgIpc) is 2.03. The monoisotopic (exact) mass is 249 g/mol. The van der Waals surface area contributed by atoms with E-state index in [4.69, 9.17) is 4.43 Å². The Balaban J connectivity index is 4.90. The second kappa shape index (κ2) is 5.07. The van der Waals surface area contributed by atoms with Gasteiger partial charge in [-0.15, -0.1) is 0 Å². The van der Waals surface area contributed by atoms with Crippen molar-refractivity contribution in [2.75, 3.05) is 13.7 Å².